The van der Waals surface area contributed by atoms with E-state index in [2.05, 4.69) is 22.4 Å². The highest BCUT2D eigenvalue weighted by Gasteiger charge is 2.47. The molecule has 3 rings (SSSR count). The fourth-order valence-electron chi connectivity index (χ4n) is 3.32. The van der Waals surface area contributed by atoms with Crippen molar-refractivity contribution in [3.8, 4) is 5.75 Å². The molecule has 0 saturated carbocycles. The van der Waals surface area contributed by atoms with Crippen molar-refractivity contribution < 1.29 is 23.8 Å². The Morgan fingerprint density at radius 1 is 1.37 bits per heavy atom. The van der Waals surface area contributed by atoms with Gasteiger partial charge in [0.25, 0.3) is 0 Å². The third-order valence-corrected chi connectivity index (χ3v) is 4.45. The summed E-state index contributed by atoms with van der Waals surface area (Å²) in [5.74, 6) is 0.128. The van der Waals surface area contributed by atoms with E-state index in [1.54, 1.807) is 6.92 Å². The molecule has 2 atom stereocenters. The van der Waals surface area contributed by atoms with Crippen molar-refractivity contribution in [1.82, 2.24) is 10.2 Å². The van der Waals surface area contributed by atoms with Crippen LogP contribution in [0.15, 0.2) is 36.5 Å². The lowest BCUT2D eigenvalue weighted by Gasteiger charge is -2.27. The molecule has 1 aliphatic rings. The van der Waals surface area contributed by atoms with Gasteiger partial charge in [0.1, 0.15) is 11.6 Å². The molecule has 0 aliphatic carbocycles. The van der Waals surface area contributed by atoms with Crippen molar-refractivity contribution in [1.29, 1.82) is 0 Å². The van der Waals surface area contributed by atoms with E-state index in [1.165, 1.54) is 6.20 Å². The maximum absolute atomic E-state index is 12.5. The van der Waals surface area contributed by atoms with Crippen LogP contribution in [0, 0.1) is 0 Å². The molecule has 0 bridgehead atoms. The predicted molar refractivity (Wildman–Crippen MR) is 97.4 cm³/mol. The molecule has 1 aromatic heterocycles. The quantitative estimate of drug-likeness (QED) is 0.717. The summed E-state index contributed by atoms with van der Waals surface area (Å²) in [4.78, 5) is 24.1. The molecule has 1 saturated heterocycles. The highest BCUT2D eigenvalue weighted by Crippen LogP contribution is 2.42. The normalized spacial score (nSPS) is 21.6. The van der Waals surface area contributed by atoms with Gasteiger partial charge in [-0.05, 0) is 18.9 Å². The molecule has 1 aromatic carbocycles. The minimum Gasteiger partial charge on any atom is -0.453 e. The van der Waals surface area contributed by atoms with Crippen LogP contribution in [0.25, 0.3) is 0 Å². The van der Waals surface area contributed by atoms with Gasteiger partial charge in [0.2, 0.25) is 0 Å². The Bertz CT molecular complexity index is 792. The van der Waals surface area contributed by atoms with E-state index in [-0.39, 0.29) is 18.3 Å². The molecule has 2 unspecified atom stereocenters. The molecule has 2 aromatic rings. The minimum atomic E-state index is -0.833. The number of ether oxygens (including phenoxy) is 3. The van der Waals surface area contributed by atoms with E-state index in [0.29, 0.717) is 12.2 Å². The first-order valence-electron chi connectivity index (χ1n) is 9.01. The first kappa shape index (κ1) is 18.8. The van der Waals surface area contributed by atoms with Gasteiger partial charge < -0.3 is 19.5 Å². The van der Waals surface area contributed by atoms with Crippen molar-refractivity contribution >= 4 is 17.9 Å². The summed E-state index contributed by atoms with van der Waals surface area (Å²) in [6, 6.07) is 9.14. The first-order valence-corrected chi connectivity index (χ1v) is 9.01. The third kappa shape index (κ3) is 4.05. The van der Waals surface area contributed by atoms with Gasteiger partial charge >= 0.3 is 12.1 Å². The van der Waals surface area contributed by atoms with Crippen molar-refractivity contribution in [2.24, 2.45) is 0 Å². The predicted octanol–water partition coefficient (Wildman–Crippen LogP) is 3.37. The fraction of sp³-hybridized carbons (Fsp3) is 0.421. The number of aromatic amines is 1. The van der Waals surface area contributed by atoms with E-state index in [4.69, 9.17) is 14.2 Å². The van der Waals surface area contributed by atoms with Gasteiger partial charge in [0, 0.05) is 6.42 Å². The molecule has 1 aliphatic heterocycles. The number of carbonyl (C=O) groups excluding carboxylic acids is 2. The minimum absolute atomic E-state index is 0.161. The summed E-state index contributed by atoms with van der Waals surface area (Å²) < 4.78 is 15.7. The standard InChI is InChI=1S/C19H23N3O5/c1-3-10-19(13-8-6-5-7-9-13)11-14(17(23)27-19)21-16-15(12-20-22-16)26-18(24)25-4-2/h5-9,12,14H,3-4,10-11H2,1-2H3,(H2,20,21,22). The Labute approximate surface area is 157 Å². The highest BCUT2D eigenvalue weighted by atomic mass is 16.7. The Balaban J connectivity index is 1.76. The van der Waals surface area contributed by atoms with Crippen LogP contribution in [0.1, 0.15) is 38.7 Å². The zero-order valence-corrected chi connectivity index (χ0v) is 15.4. The van der Waals surface area contributed by atoms with Crippen molar-refractivity contribution in [2.45, 2.75) is 44.8 Å². The average molecular weight is 373 g/mol. The lowest BCUT2D eigenvalue weighted by molar-refractivity contribution is -0.150. The zero-order chi connectivity index (χ0) is 19.3. The number of rotatable bonds is 7. The Hall–Kier alpha value is -3.03. The van der Waals surface area contributed by atoms with Gasteiger partial charge in [-0.3, -0.25) is 5.10 Å². The van der Waals surface area contributed by atoms with E-state index >= 15 is 0 Å². The topological polar surface area (TPSA) is 103 Å². The van der Waals surface area contributed by atoms with E-state index in [9.17, 15) is 9.59 Å². The van der Waals surface area contributed by atoms with Crippen LogP contribution in [-0.4, -0.2) is 35.0 Å². The van der Waals surface area contributed by atoms with Gasteiger partial charge in [-0.25, -0.2) is 9.59 Å². The summed E-state index contributed by atoms with van der Waals surface area (Å²) in [6.07, 6.45) is 2.56. The van der Waals surface area contributed by atoms with Gasteiger partial charge in [-0.15, -0.1) is 0 Å². The smallest absolute Gasteiger partial charge is 0.453 e. The second-order valence-electron chi connectivity index (χ2n) is 6.33. The first-order chi connectivity index (χ1) is 13.1. The summed E-state index contributed by atoms with van der Waals surface area (Å²) in [5, 5.41) is 9.60. The summed E-state index contributed by atoms with van der Waals surface area (Å²) in [5.41, 5.74) is 0.296. The molecule has 2 heterocycles. The number of anilines is 1. The monoisotopic (exact) mass is 373 g/mol. The fourth-order valence-corrected chi connectivity index (χ4v) is 3.32. The number of carbonyl (C=O) groups is 2. The lowest BCUT2D eigenvalue weighted by Crippen LogP contribution is -2.27. The summed E-state index contributed by atoms with van der Waals surface area (Å²) in [6.45, 7) is 3.94. The number of cyclic esters (lactones) is 1. The van der Waals surface area contributed by atoms with Gasteiger partial charge in [0.05, 0.1) is 12.8 Å². The molecule has 8 nitrogen and oxygen atoms in total. The maximum Gasteiger partial charge on any atom is 0.514 e. The third-order valence-electron chi connectivity index (χ3n) is 4.45. The molecule has 8 heteroatoms. The number of nitrogens with zero attached hydrogens (tertiary/aromatic N) is 1. The highest BCUT2D eigenvalue weighted by molar-refractivity contribution is 5.82. The van der Waals surface area contributed by atoms with Crippen LogP contribution >= 0.6 is 0 Å². The number of esters is 1. The molecule has 0 amide bonds. The Morgan fingerprint density at radius 3 is 2.85 bits per heavy atom. The van der Waals surface area contributed by atoms with E-state index in [0.717, 1.165) is 18.4 Å². The number of hydrogen-bond acceptors (Lipinski definition) is 7. The number of nitrogens with one attached hydrogen (secondary N) is 2. The SMILES string of the molecule is CCCC1(c2ccccc2)CC(Nc2[nH]ncc2OC(=O)OCC)C(=O)O1. The molecule has 1 fully saturated rings. The van der Waals surface area contributed by atoms with E-state index in [1.807, 2.05) is 30.3 Å². The molecule has 144 valence electrons. The van der Waals surface area contributed by atoms with Crippen LogP contribution in [-0.2, 0) is 19.9 Å². The summed E-state index contributed by atoms with van der Waals surface area (Å²) >= 11 is 0. The van der Waals surface area contributed by atoms with Gasteiger partial charge in [0.15, 0.2) is 11.6 Å². The second kappa shape index (κ2) is 8.11. The lowest BCUT2D eigenvalue weighted by atomic mass is 9.85. The zero-order valence-electron chi connectivity index (χ0n) is 15.4. The van der Waals surface area contributed by atoms with Crippen LogP contribution in [0.2, 0.25) is 0 Å². The summed E-state index contributed by atoms with van der Waals surface area (Å²) in [7, 11) is 0. The van der Waals surface area contributed by atoms with Crippen LogP contribution in [0.3, 0.4) is 0 Å². The van der Waals surface area contributed by atoms with Gasteiger partial charge in [-0.2, -0.15) is 5.10 Å². The molecular formula is C19H23N3O5. The Kier molecular flexibility index (Phi) is 5.63. The molecule has 0 spiro atoms. The van der Waals surface area contributed by atoms with Crippen molar-refractivity contribution in [2.75, 3.05) is 11.9 Å². The van der Waals surface area contributed by atoms with Crippen LogP contribution < -0.4 is 10.1 Å². The maximum atomic E-state index is 12.5. The van der Waals surface area contributed by atoms with Crippen LogP contribution in [0.4, 0.5) is 10.6 Å². The Morgan fingerprint density at radius 2 is 2.15 bits per heavy atom. The number of aromatic nitrogens is 2. The second-order valence-corrected chi connectivity index (χ2v) is 6.33. The molecule has 2 N–H and O–H groups in total. The van der Waals surface area contributed by atoms with E-state index < -0.39 is 17.8 Å². The number of H-pyrrole nitrogens is 1. The molecule has 0 radical (unpaired) electrons. The van der Waals surface area contributed by atoms with Crippen molar-refractivity contribution in [3.63, 3.8) is 0 Å². The largest absolute Gasteiger partial charge is 0.514 e. The molecular weight excluding hydrogens is 350 g/mol. The van der Waals surface area contributed by atoms with Crippen molar-refractivity contribution in [3.05, 3.63) is 42.1 Å². The number of benzene rings is 1. The molecule has 27 heavy (non-hydrogen) atoms. The van der Waals surface area contributed by atoms with Gasteiger partial charge in [-0.1, -0.05) is 43.7 Å². The average Bonchev–Trinajstić information content (AvgIpc) is 3.22. The number of hydrogen-bond donors (Lipinski definition) is 2. The van der Waals surface area contributed by atoms with Crippen LogP contribution in [0.5, 0.6) is 5.75 Å².